The number of aldehydes is 1. The van der Waals surface area contributed by atoms with Crippen molar-refractivity contribution in [3.63, 3.8) is 0 Å². The monoisotopic (exact) mass is 434 g/mol. The van der Waals surface area contributed by atoms with Crippen LogP contribution in [0.5, 0.6) is 0 Å². The molecule has 5 nitrogen and oxygen atoms in total. The van der Waals surface area contributed by atoms with Crippen LogP contribution in [-0.2, 0) is 11.2 Å². The van der Waals surface area contributed by atoms with Gasteiger partial charge in [0.1, 0.15) is 12.1 Å². The zero-order valence-corrected chi connectivity index (χ0v) is 18.8. The van der Waals surface area contributed by atoms with Crippen molar-refractivity contribution in [1.29, 1.82) is 0 Å². The Balaban J connectivity index is 1.10. The maximum absolute atomic E-state index is 11.6. The van der Waals surface area contributed by atoms with Gasteiger partial charge in [0.15, 0.2) is 0 Å². The average Bonchev–Trinajstić information content (AvgIpc) is 3.26. The maximum atomic E-state index is 11.6. The number of para-hydroxylation sites is 1. The first kappa shape index (κ1) is 20.5. The van der Waals surface area contributed by atoms with Crippen molar-refractivity contribution in [1.82, 2.24) is 9.27 Å². The number of carbonyl (C=O) groups excluding carboxylic acids is 1. The second kappa shape index (κ2) is 9.37. The molecule has 2 aliphatic rings. The Morgan fingerprint density at radius 3 is 2.61 bits per heavy atom. The topological polar surface area (TPSA) is 39.7 Å². The van der Waals surface area contributed by atoms with Gasteiger partial charge in [0, 0.05) is 43.8 Å². The molecule has 1 aromatic heterocycles. The molecule has 6 heteroatoms. The van der Waals surface area contributed by atoms with Crippen LogP contribution in [0.1, 0.15) is 24.8 Å². The fraction of sp³-hybridized carbons (Fsp3) is 0.440. The standard InChI is InChI=1S/C25H30N4OS/c30-19-21-12-11-20-7-1-3-9-23(20)29(21)14-6-5-13-27-15-17-28(18-16-27)25-22-8-2-4-10-24(22)31-26-25/h1-4,7-10,19,21H,5-6,11-18H2. The molecular formula is C25H30N4OS. The summed E-state index contributed by atoms with van der Waals surface area (Å²) in [7, 11) is 0. The molecule has 3 heterocycles. The van der Waals surface area contributed by atoms with Crippen LogP contribution < -0.4 is 9.80 Å². The second-order valence-electron chi connectivity index (χ2n) is 8.60. The van der Waals surface area contributed by atoms with E-state index in [-0.39, 0.29) is 6.04 Å². The molecule has 2 aromatic carbocycles. The van der Waals surface area contributed by atoms with Crippen LogP contribution in [0.2, 0.25) is 0 Å². The van der Waals surface area contributed by atoms with E-state index in [2.05, 4.69) is 63.2 Å². The number of hydrogen-bond acceptors (Lipinski definition) is 6. The average molecular weight is 435 g/mol. The lowest BCUT2D eigenvalue weighted by atomic mass is 9.96. The zero-order valence-electron chi connectivity index (χ0n) is 17.9. The van der Waals surface area contributed by atoms with E-state index in [1.807, 2.05) is 0 Å². The lowest BCUT2D eigenvalue weighted by Crippen LogP contribution is -2.47. The molecule has 0 aliphatic carbocycles. The van der Waals surface area contributed by atoms with Gasteiger partial charge in [0.05, 0.1) is 10.7 Å². The minimum Gasteiger partial charge on any atom is -0.362 e. The summed E-state index contributed by atoms with van der Waals surface area (Å²) in [4.78, 5) is 19.0. The van der Waals surface area contributed by atoms with Crippen LogP contribution in [0, 0.1) is 0 Å². The number of anilines is 2. The quantitative estimate of drug-likeness (QED) is 0.411. The summed E-state index contributed by atoms with van der Waals surface area (Å²) in [5.74, 6) is 1.16. The Bertz CT molecular complexity index is 1030. The van der Waals surface area contributed by atoms with Crippen molar-refractivity contribution >= 4 is 39.4 Å². The fourth-order valence-electron chi connectivity index (χ4n) is 4.97. The number of rotatable bonds is 7. The molecule has 0 N–H and O–H groups in total. The van der Waals surface area contributed by atoms with E-state index in [4.69, 9.17) is 4.37 Å². The molecule has 162 valence electrons. The van der Waals surface area contributed by atoms with E-state index in [1.54, 1.807) is 11.5 Å². The van der Waals surface area contributed by atoms with Crippen LogP contribution in [0.4, 0.5) is 11.5 Å². The number of aryl methyl sites for hydroxylation is 1. The highest BCUT2D eigenvalue weighted by molar-refractivity contribution is 7.13. The van der Waals surface area contributed by atoms with Gasteiger partial charge in [-0.1, -0.05) is 30.3 Å². The summed E-state index contributed by atoms with van der Waals surface area (Å²) >= 11 is 1.60. The predicted molar refractivity (Wildman–Crippen MR) is 129 cm³/mol. The minimum absolute atomic E-state index is 0.0337. The normalized spacial score (nSPS) is 19.5. The molecule has 2 aliphatic heterocycles. The third-order valence-corrected chi connectivity index (χ3v) is 7.54. The Labute approximate surface area is 188 Å². The van der Waals surface area contributed by atoms with E-state index in [9.17, 15) is 4.79 Å². The summed E-state index contributed by atoms with van der Waals surface area (Å²) in [6, 6.07) is 17.1. The lowest BCUT2D eigenvalue weighted by molar-refractivity contribution is -0.109. The third-order valence-electron chi connectivity index (χ3n) is 6.72. The van der Waals surface area contributed by atoms with Crippen LogP contribution in [-0.4, -0.2) is 60.9 Å². The van der Waals surface area contributed by atoms with Gasteiger partial charge < -0.3 is 14.6 Å². The molecule has 0 amide bonds. The first-order valence-corrected chi connectivity index (χ1v) is 12.2. The smallest absolute Gasteiger partial charge is 0.150 e. The molecule has 3 aromatic rings. The number of carbonyl (C=O) groups is 1. The van der Waals surface area contributed by atoms with Crippen molar-refractivity contribution in [2.24, 2.45) is 0 Å². The molecule has 5 rings (SSSR count). The molecule has 0 radical (unpaired) electrons. The summed E-state index contributed by atoms with van der Waals surface area (Å²) in [5.41, 5.74) is 2.64. The molecule has 1 unspecified atom stereocenters. The van der Waals surface area contributed by atoms with E-state index < -0.39 is 0 Å². The van der Waals surface area contributed by atoms with Crippen molar-refractivity contribution in [3.05, 3.63) is 54.1 Å². The minimum atomic E-state index is 0.0337. The summed E-state index contributed by atoms with van der Waals surface area (Å²) in [5, 5.41) is 1.28. The summed E-state index contributed by atoms with van der Waals surface area (Å²) in [6.07, 6.45) is 5.37. The number of fused-ring (bicyclic) bond motifs is 2. The highest BCUT2D eigenvalue weighted by atomic mass is 32.1. The predicted octanol–water partition coefficient (Wildman–Crippen LogP) is 4.22. The SMILES string of the molecule is O=CC1CCc2ccccc2N1CCCCN1CCN(c2nsc3ccccc23)CC1. The highest BCUT2D eigenvalue weighted by Gasteiger charge is 2.25. The van der Waals surface area contributed by atoms with Gasteiger partial charge >= 0.3 is 0 Å². The lowest BCUT2D eigenvalue weighted by Gasteiger charge is -2.37. The van der Waals surface area contributed by atoms with Gasteiger partial charge in [0.25, 0.3) is 0 Å². The van der Waals surface area contributed by atoms with Crippen molar-refractivity contribution < 1.29 is 4.79 Å². The highest BCUT2D eigenvalue weighted by Crippen LogP contribution is 2.31. The van der Waals surface area contributed by atoms with Gasteiger partial charge in [-0.05, 0) is 67.5 Å². The number of benzene rings is 2. The van der Waals surface area contributed by atoms with Gasteiger partial charge in [0.2, 0.25) is 0 Å². The molecule has 1 fully saturated rings. The third kappa shape index (κ3) is 4.32. The van der Waals surface area contributed by atoms with E-state index in [0.717, 1.165) is 70.6 Å². The van der Waals surface area contributed by atoms with Crippen LogP contribution in [0.3, 0.4) is 0 Å². The van der Waals surface area contributed by atoms with Crippen molar-refractivity contribution in [3.8, 4) is 0 Å². The largest absolute Gasteiger partial charge is 0.362 e. The Kier molecular flexibility index (Phi) is 6.18. The number of aromatic nitrogens is 1. The van der Waals surface area contributed by atoms with Crippen molar-refractivity contribution in [2.75, 3.05) is 49.1 Å². The second-order valence-corrected chi connectivity index (χ2v) is 9.41. The first-order chi connectivity index (χ1) is 15.3. The number of hydrogen-bond donors (Lipinski definition) is 0. The first-order valence-electron chi connectivity index (χ1n) is 11.4. The number of piperazine rings is 1. The van der Waals surface area contributed by atoms with Crippen LogP contribution in [0.25, 0.3) is 10.1 Å². The van der Waals surface area contributed by atoms with Crippen LogP contribution >= 0.6 is 11.5 Å². The maximum Gasteiger partial charge on any atom is 0.150 e. The number of nitrogens with zero attached hydrogens (tertiary/aromatic N) is 4. The summed E-state index contributed by atoms with van der Waals surface area (Å²) in [6.45, 7) is 6.36. The van der Waals surface area contributed by atoms with Gasteiger partial charge in [-0.2, -0.15) is 4.37 Å². The van der Waals surface area contributed by atoms with E-state index in [1.165, 1.54) is 27.8 Å². The summed E-state index contributed by atoms with van der Waals surface area (Å²) < 4.78 is 5.99. The molecule has 0 saturated carbocycles. The van der Waals surface area contributed by atoms with Gasteiger partial charge in [-0.15, -0.1) is 0 Å². The van der Waals surface area contributed by atoms with Gasteiger partial charge in [-0.3, -0.25) is 4.90 Å². The van der Waals surface area contributed by atoms with E-state index in [0.29, 0.717) is 0 Å². The van der Waals surface area contributed by atoms with Gasteiger partial charge in [-0.25, -0.2) is 0 Å². The Morgan fingerprint density at radius 1 is 0.968 bits per heavy atom. The molecular weight excluding hydrogens is 404 g/mol. The zero-order chi connectivity index (χ0) is 21.0. The molecule has 1 saturated heterocycles. The fourth-order valence-corrected chi connectivity index (χ4v) is 5.77. The molecule has 0 bridgehead atoms. The molecule has 0 spiro atoms. The number of unbranched alkanes of at least 4 members (excludes halogenated alkanes) is 1. The van der Waals surface area contributed by atoms with Crippen molar-refractivity contribution in [2.45, 2.75) is 31.7 Å². The van der Waals surface area contributed by atoms with Crippen LogP contribution in [0.15, 0.2) is 48.5 Å². The molecule has 31 heavy (non-hydrogen) atoms. The van der Waals surface area contributed by atoms with E-state index >= 15 is 0 Å². The Morgan fingerprint density at radius 2 is 1.74 bits per heavy atom. The Hall–Kier alpha value is -2.44. The molecule has 1 atom stereocenters.